The molecule has 1 unspecified atom stereocenters. The number of esters is 1. The van der Waals surface area contributed by atoms with Gasteiger partial charge in [0, 0.05) is 13.6 Å². The van der Waals surface area contributed by atoms with Crippen LogP contribution in [-0.2, 0) is 4.74 Å². The Morgan fingerprint density at radius 1 is 1.63 bits per heavy atom. The zero-order valence-electron chi connectivity index (χ0n) is 11.6. The number of rotatable bonds is 6. The van der Waals surface area contributed by atoms with Crippen LogP contribution >= 0.6 is 0 Å². The molecule has 0 bridgehead atoms. The molecule has 0 aromatic carbocycles. The van der Waals surface area contributed by atoms with Crippen molar-refractivity contribution in [2.75, 3.05) is 30.8 Å². The number of pyridine rings is 1. The van der Waals surface area contributed by atoms with E-state index >= 15 is 0 Å². The molecular formula is C13H21N3O3. The van der Waals surface area contributed by atoms with Gasteiger partial charge in [-0.2, -0.15) is 0 Å². The van der Waals surface area contributed by atoms with Crippen molar-refractivity contribution in [3.63, 3.8) is 0 Å². The summed E-state index contributed by atoms with van der Waals surface area (Å²) in [6, 6.07) is 1.55. The Morgan fingerprint density at radius 2 is 2.32 bits per heavy atom. The normalized spacial score (nSPS) is 12.0. The lowest BCUT2D eigenvalue weighted by Gasteiger charge is -2.21. The number of hydrogen-bond donors (Lipinski definition) is 2. The number of nitrogens with two attached hydrogens (primary N) is 1. The highest BCUT2D eigenvalue weighted by Gasteiger charge is 2.17. The van der Waals surface area contributed by atoms with Gasteiger partial charge in [-0.25, -0.2) is 9.78 Å². The number of nitrogens with zero attached hydrogens (tertiary/aromatic N) is 2. The third-order valence-electron chi connectivity index (χ3n) is 2.63. The summed E-state index contributed by atoms with van der Waals surface area (Å²) in [6.07, 6.45) is 1.68. The zero-order valence-corrected chi connectivity index (χ0v) is 11.6. The minimum Gasteiger partial charge on any atom is -0.462 e. The number of nitrogen functional groups attached to an aromatic ring is 1. The van der Waals surface area contributed by atoms with Crippen molar-refractivity contribution in [3.05, 3.63) is 17.8 Å². The van der Waals surface area contributed by atoms with E-state index in [4.69, 9.17) is 10.5 Å². The van der Waals surface area contributed by atoms with Gasteiger partial charge in [0.25, 0.3) is 0 Å². The maximum atomic E-state index is 11.9. The first-order chi connectivity index (χ1) is 8.95. The predicted molar refractivity (Wildman–Crippen MR) is 74.2 cm³/mol. The average Bonchev–Trinajstić information content (AvgIpc) is 2.36. The lowest BCUT2D eigenvalue weighted by Crippen LogP contribution is -2.25. The molecule has 106 valence electrons. The molecule has 1 atom stereocenters. The molecule has 0 aliphatic rings. The number of carbonyl (C=O) groups excluding carboxylic acids is 1. The van der Waals surface area contributed by atoms with Gasteiger partial charge < -0.3 is 20.5 Å². The summed E-state index contributed by atoms with van der Waals surface area (Å²) < 4.78 is 4.99. The summed E-state index contributed by atoms with van der Waals surface area (Å²) >= 11 is 0. The largest absolute Gasteiger partial charge is 0.462 e. The molecule has 0 aliphatic carbocycles. The molecule has 19 heavy (non-hydrogen) atoms. The second kappa shape index (κ2) is 6.94. The van der Waals surface area contributed by atoms with E-state index < -0.39 is 12.1 Å². The second-order valence-corrected chi connectivity index (χ2v) is 4.42. The second-order valence-electron chi connectivity index (χ2n) is 4.42. The van der Waals surface area contributed by atoms with E-state index in [1.54, 1.807) is 24.8 Å². The highest BCUT2D eigenvalue weighted by molar-refractivity contribution is 5.95. The van der Waals surface area contributed by atoms with Crippen LogP contribution < -0.4 is 10.6 Å². The Labute approximate surface area is 113 Å². The molecule has 1 rings (SSSR count). The molecule has 0 spiro atoms. The minimum absolute atomic E-state index is 0.296. The molecule has 0 fully saturated rings. The fraction of sp³-hybridized carbons (Fsp3) is 0.538. The summed E-state index contributed by atoms with van der Waals surface area (Å²) in [6.45, 7) is 4.34. The van der Waals surface area contributed by atoms with Gasteiger partial charge in [-0.1, -0.05) is 0 Å². The van der Waals surface area contributed by atoms with E-state index in [1.807, 2.05) is 7.05 Å². The molecule has 0 radical (unpaired) electrons. The summed E-state index contributed by atoms with van der Waals surface area (Å²) in [4.78, 5) is 17.8. The van der Waals surface area contributed by atoms with Gasteiger partial charge in [-0.3, -0.25) is 0 Å². The van der Waals surface area contributed by atoms with Crippen molar-refractivity contribution >= 4 is 17.5 Å². The molecule has 1 heterocycles. The predicted octanol–water partition coefficient (Wildman–Crippen LogP) is 1.05. The van der Waals surface area contributed by atoms with Gasteiger partial charge in [0.2, 0.25) is 0 Å². The summed E-state index contributed by atoms with van der Waals surface area (Å²) in [5.74, 6) is 0.0643. The molecular weight excluding hydrogens is 246 g/mol. The van der Waals surface area contributed by atoms with Gasteiger partial charge in [0.05, 0.1) is 24.6 Å². The van der Waals surface area contributed by atoms with Gasteiger partial charge in [0.1, 0.15) is 11.4 Å². The fourth-order valence-electron chi connectivity index (χ4n) is 1.62. The van der Waals surface area contributed by atoms with Crippen molar-refractivity contribution in [1.82, 2.24) is 4.98 Å². The van der Waals surface area contributed by atoms with Gasteiger partial charge >= 0.3 is 5.97 Å². The molecule has 6 heteroatoms. The molecule has 6 nitrogen and oxygen atoms in total. The van der Waals surface area contributed by atoms with Crippen molar-refractivity contribution in [2.24, 2.45) is 0 Å². The highest BCUT2D eigenvalue weighted by atomic mass is 16.5. The maximum Gasteiger partial charge on any atom is 0.341 e. The van der Waals surface area contributed by atoms with Crippen LogP contribution in [0.4, 0.5) is 11.5 Å². The lowest BCUT2D eigenvalue weighted by atomic mass is 10.2. The lowest BCUT2D eigenvalue weighted by molar-refractivity contribution is 0.0526. The van der Waals surface area contributed by atoms with Crippen LogP contribution in [0.1, 0.15) is 30.6 Å². The van der Waals surface area contributed by atoms with Gasteiger partial charge in [0.15, 0.2) is 0 Å². The Kier molecular flexibility index (Phi) is 5.57. The number of hydrogen-bond acceptors (Lipinski definition) is 6. The van der Waals surface area contributed by atoms with Crippen LogP contribution in [0.5, 0.6) is 0 Å². The van der Waals surface area contributed by atoms with Crippen LogP contribution in [-0.4, -0.2) is 42.4 Å². The quantitative estimate of drug-likeness (QED) is 0.749. The Morgan fingerprint density at radius 3 is 2.89 bits per heavy atom. The summed E-state index contributed by atoms with van der Waals surface area (Å²) in [5.41, 5.74) is 6.41. The molecule has 0 saturated heterocycles. The Bertz CT molecular complexity index is 435. The van der Waals surface area contributed by atoms with E-state index in [9.17, 15) is 9.90 Å². The standard InChI is InChI=1S/C13H21N3O3/c1-4-19-13(18)11-7-10(14)8-15-12(11)16(3)6-5-9(2)17/h7-9,17H,4-6,14H2,1-3H3. The number of aromatic nitrogens is 1. The van der Waals surface area contributed by atoms with Crippen LogP contribution in [0.25, 0.3) is 0 Å². The zero-order chi connectivity index (χ0) is 14.4. The molecule has 1 aromatic rings. The van der Waals surface area contributed by atoms with Crippen LogP contribution in [0, 0.1) is 0 Å². The van der Waals surface area contributed by atoms with Crippen LogP contribution in [0.3, 0.4) is 0 Å². The molecule has 0 aliphatic heterocycles. The summed E-state index contributed by atoms with van der Waals surface area (Å²) in [5, 5.41) is 9.30. The first-order valence-electron chi connectivity index (χ1n) is 6.27. The molecule has 0 amide bonds. The van der Waals surface area contributed by atoms with E-state index in [0.717, 1.165) is 0 Å². The van der Waals surface area contributed by atoms with Gasteiger partial charge in [-0.05, 0) is 26.3 Å². The van der Waals surface area contributed by atoms with Crippen LogP contribution in [0.2, 0.25) is 0 Å². The number of anilines is 2. The third kappa shape index (κ3) is 4.40. The topological polar surface area (TPSA) is 88.7 Å². The monoisotopic (exact) mass is 267 g/mol. The Balaban J connectivity index is 2.95. The van der Waals surface area contributed by atoms with Crippen molar-refractivity contribution < 1.29 is 14.6 Å². The molecule has 3 N–H and O–H groups in total. The molecule has 1 aromatic heterocycles. The van der Waals surface area contributed by atoms with E-state index in [0.29, 0.717) is 36.6 Å². The number of aliphatic hydroxyl groups excluding tert-OH is 1. The minimum atomic E-state index is -0.443. The van der Waals surface area contributed by atoms with Crippen molar-refractivity contribution in [3.8, 4) is 0 Å². The van der Waals surface area contributed by atoms with E-state index in [1.165, 1.54) is 6.20 Å². The van der Waals surface area contributed by atoms with Gasteiger partial charge in [-0.15, -0.1) is 0 Å². The number of aliphatic hydroxyl groups is 1. The smallest absolute Gasteiger partial charge is 0.341 e. The SMILES string of the molecule is CCOC(=O)c1cc(N)cnc1N(C)CCC(C)O. The van der Waals surface area contributed by atoms with E-state index in [-0.39, 0.29) is 0 Å². The fourth-order valence-corrected chi connectivity index (χ4v) is 1.62. The van der Waals surface area contributed by atoms with Crippen molar-refractivity contribution in [1.29, 1.82) is 0 Å². The average molecular weight is 267 g/mol. The number of ether oxygens (including phenoxy) is 1. The first-order valence-corrected chi connectivity index (χ1v) is 6.27. The summed E-state index contributed by atoms with van der Waals surface area (Å²) in [7, 11) is 1.81. The maximum absolute atomic E-state index is 11.9. The third-order valence-corrected chi connectivity index (χ3v) is 2.63. The van der Waals surface area contributed by atoms with E-state index in [2.05, 4.69) is 4.98 Å². The van der Waals surface area contributed by atoms with Crippen LogP contribution in [0.15, 0.2) is 12.3 Å². The first kappa shape index (κ1) is 15.2. The molecule has 0 saturated carbocycles. The Hall–Kier alpha value is -1.82. The van der Waals surface area contributed by atoms with Crippen molar-refractivity contribution in [2.45, 2.75) is 26.4 Å². The highest BCUT2D eigenvalue weighted by Crippen LogP contribution is 2.20. The number of carbonyl (C=O) groups is 1.